The number of carbonyl (C=O) groups is 1. The molecule has 0 radical (unpaired) electrons. The average molecular weight is 332 g/mol. The fourth-order valence-electron chi connectivity index (χ4n) is 2.60. The minimum Gasteiger partial charge on any atom is -0.482 e. The van der Waals surface area contributed by atoms with E-state index in [9.17, 15) is 4.79 Å². The molecule has 1 atom stereocenters. The number of ether oxygens (including phenoxy) is 1. The van der Waals surface area contributed by atoms with Crippen LogP contribution in [0.15, 0.2) is 18.2 Å². The van der Waals surface area contributed by atoms with E-state index in [1.54, 1.807) is 18.2 Å². The molecule has 1 unspecified atom stereocenters. The van der Waals surface area contributed by atoms with Gasteiger partial charge in [0.25, 0.3) is 5.91 Å². The van der Waals surface area contributed by atoms with Gasteiger partial charge in [-0.1, -0.05) is 23.2 Å². The van der Waals surface area contributed by atoms with E-state index in [1.165, 1.54) is 0 Å². The minimum absolute atomic E-state index is 0.0459. The SMILES string of the molecule is O=C(COc1cc(Cl)ccc1Cl)N1CCCC1CCCO. The first-order valence-corrected chi connectivity index (χ1v) is 7.85. The molecule has 0 aromatic heterocycles. The number of aliphatic hydroxyl groups excluding tert-OH is 1. The van der Waals surface area contributed by atoms with E-state index in [-0.39, 0.29) is 25.2 Å². The second-order valence-electron chi connectivity index (χ2n) is 5.11. The fourth-order valence-corrected chi connectivity index (χ4v) is 2.94. The highest BCUT2D eigenvalue weighted by atomic mass is 35.5. The average Bonchev–Trinajstić information content (AvgIpc) is 2.94. The summed E-state index contributed by atoms with van der Waals surface area (Å²) in [5.74, 6) is 0.370. The molecule has 1 aliphatic rings. The lowest BCUT2D eigenvalue weighted by Crippen LogP contribution is -2.38. The third kappa shape index (κ3) is 4.50. The number of likely N-dealkylation sites (tertiary alicyclic amines) is 1. The molecule has 0 saturated carbocycles. The van der Waals surface area contributed by atoms with Crippen LogP contribution in [0.1, 0.15) is 25.7 Å². The smallest absolute Gasteiger partial charge is 0.260 e. The number of rotatable bonds is 6. The molecule has 0 bridgehead atoms. The number of benzene rings is 1. The van der Waals surface area contributed by atoms with Crippen LogP contribution in [0.4, 0.5) is 0 Å². The Hall–Kier alpha value is -0.970. The summed E-state index contributed by atoms with van der Waals surface area (Å²) in [5.41, 5.74) is 0. The predicted octanol–water partition coefficient (Wildman–Crippen LogP) is 3.14. The summed E-state index contributed by atoms with van der Waals surface area (Å²) in [5, 5.41) is 9.86. The summed E-state index contributed by atoms with van der Waals surface area (Å²) in [4.78, 5) is 14.1. The monoisotopic (exact) mass is 331 g/mol. The maximum atomic E-state index is 12.3. The molecule has 4 nitrogen and oxygen atoms in total. The Labute approximate surface area is 134 Å². The second-order valence-corrected chi connectivity index (χ2v) is 5.96. The first-order valence-electron chi connectivity index (χ1n) is 7.10. The van der Waals surface area contributed by atoms with Crippen molar-refractivity contribution in [3.8, 4) is 5.75 Å². The molecule has 0 spiro atoms. The predicted molar refractivity (Wildman–Crippen MR) is 83.0 cm³/mol. The van der Waals surface area contributed by atoms with Gasteiger partial charge in [-0.25, -0.2) is 0 Å². The highest BCUT2D eigenvalue weighted by Gasteiger charge is 2.28. The molecule has 1 aromatic carbocycles. The maximum absolute atomic E-state index is 12.3. The van der Waals surface area contributed by atoms with Crippen molar-refractivity contribution in [2.24, 2.45) is 0 Å². The number of nitrogens with zero attached hydrogens (tertiary/aromatic N) is 1. The third-order valence-electron chi connectivity index (χ3n) is 3.64. The van der Waals surface area contributed by atoms with Gasteiger partial charge in [0.2, 0.25) is 0 Å². The Morgan fingerprint density at radius 1 is 1.43 bits per heavy atom. The molecule has 1 aromatic rings. The summed E-state index contributed by atoms with van der Waals surface area (Å²) >= 11 is 11.9. The first-order chi connectivity index (χ1) is 10.1. The Morgan fingerprint density at radius 3 is 3.00 bits per heavy atom. The summed E-state index contributed by atoms with van der Waals surface area (Å²) in [6.07, 6.45) is 3.54. The van der Waals surface area contributed by atoms with E-state index < -0.39 is 0 Å². The molecule has 1 aliphatic heterocycles. The molecule has 0 aliphatic carbocycles. The highest BCUT2D eigenvalue weighted by Crippen LogP contribution is 2.28. The van der Waals surface area contributed by atoms with Gasteiger partial charge in [-0.15, -0.1) is 0 Å². The van der Waals surface area contributed by atoms with E-state index >= 15 is 0 Å². The molecule has 1 saturated heterocycles. The van der Waals surface area contributed by atoms with Gasteiger partial charge in [-0.2, -0.15) is 0 Å². The lowest BCUT2D eigenvalue weighted by Gasteiger charge is -2.24. The van der Waals surface area contributed by atoms with Crippen LogP contribution in [0.2, 0.25) is 10.0 Å². The van der Waals surface area contributed by atoms with E-state index in [0.717, 1.165) is 32.2 Å². The first kappa shape index (κ1) is 16.4. The van der Waals surface area contributed by atoms with Gasteiger partial charge in [0.05, 0.1) is 5.02 Å². The molecule has 116 valence electrons. The topological polar surface area (TPSA) is 49.8 Å². The minimum atomic E-state index is -0.0496. The number of aliphatic hydroxyl groups is 1. The Kier molecular flexibility index (Phi) is 6.15. The molecule has 21 heavy (non-hydrogen) atoms. The molecule has 2 rings (SSSR count). The van der Waals surface area contributed by atoms with Gasteiger partial charge in [-0.05, 0) is 37.8 Å². The second kappa shape index (κ2) is 7.87. The standard InChI is InChI=1S/C15H19Cl2NO3/c16-11-5-6-13(17)14(9-11)21-10-15(20)18-7-1-3-12(18)4-2-8-19/h5-6,9,12,19H,1-4,7-8,10H2. The van der Waals surface area contributed by atoms with Crippen molar-refractivity contribution in [2.75, 3.05) is 19.8 Å². The Bertz CT molecular complexity index is 496. The van der Waals surface area contributed by atoms with Crippen LogP contribution in [0.5, 0.6) is 5.75 Å². The van der Waals surface area contributed by atoms with Crippen LogP contribution in [0, 0.1) is 0 Å². The van der Waals surface area contributed by atoms with Crippen LogP contribution in [-0.4, -0.2) is 41.7 Å². The van der Waals surface area contributed by atoms with E-state index in [2.05, 4.69) is 0 Å². The molecular weight excluding hydrogens is 313 g/mol. The van der Waals surface area contributed by atoms with E-state index in [1.807, 2.05) is 4.90 Å². The summed E-state index contributed by atoms with van der Waals surface area (Å²) in [6, 6.07) is 5.13. The van der Waals surface area contributed by atoms with Crippen molar-refractivity contribution in [3.05, 3.63) is 28.2 Å². The Balaban J connectivity index is 1.90. The zero-order chi connectivity index (χ0) is 15.2. The van der Waals surface area contributed by atoms with Crippen LogP contribution in [0.25, 0.3) is 0 Å². The normalized spacial score (nSPS) is 18.0. The van der Waals surface area contributed by atoms with Crippen molar-refractivity contribution in [1.29, 1.82) is 0 Å². The fraction of sp³-hybridized carbons (Fsp3) is 0.533. The zero-order valence-corrected chi connectivity index (χ0v) is 13.2. The number of halogens is 2. The lowest BCUT2D eigenvalue weighted by molar-refractivity contribution is -0.134. The summed E-state index contributed by atoms with van der Waals surface area (Å²) in [7, 11) is 0. The molecular formula is C15H19Cl2NO3. The highest BCUT2D eigenvalue weighted by molar-refractivity contribution is 6.34. The number of hydrogen-bond donors (Lipinski definition) is 1. The number of amides is 1. The van der Waals surface area contributed by atoms with Crippen molar-refractivity contribution in [3.63, 3.8) is 0 Å². The van der Waals surface area contributed by atoms with Gasteiger partial charge in [0, 0.05) is 30.3 Å². The third-order valence-corrected chi connectivity index (χ3v) is 4.18. The van der Waals surface area contributed by atoms with Gasteiger partial charge >= 0.3 is 0 Å². The largest absolute Gasteiger partial charge is 0.482 e. The quantitative estimate of drug-likeness (QED) is 0.871. The molecule has 1 amide bonds. The lowest BCUT2D eigenvalue weighted by atomic mass is 10.1. The maximum Gasteiger partial charge on any atom is 0.260 e. The van der Waals surface area contributed by atoms with Gasteiger partial charge in [-0.3, -0.25) is 4.79 Å². The number of carbonyl (C=O) groups excluding carboxylic acids is 1. The van der Waals surface area contributed by atoms with Gasteiger partial charge in [0.1, 0.15) is 5.75 Å². The van der Waals surface area contributed by atoms with Gasteiger partial charge < -0.3 is 14.7 Å². The zero-order valence-electron chi connectivity index (χ0n) is 11.7. The van der Waals surface area contributed by atoms with Crippen LogP contribution in [0.3, 0.4) is 0 Å². The molecule has 1 fully saturated rings. The van der Waals surface area contributed by atoms with Crippen molar-refractivity contribution in [1.82, 2.24) is 4.90 Å². The van der Waals surface area contributed by atoms with E-state index in [4.69, 9.17) is 33.0 Å². The number of hydrogen-bond acceptors (Lipinski definition) is 3. The summed E-state index contributed by atoms with van der Waals surface area (Å²) in [6.45, 7) is 0.865. The molecule has 6 heteroatoms. The van der Waals surface area contributed by atoms with Crippen molar-refractivity contribution < 1.29 is 14.6 Å². The van der Waals surface area contributed by atoms with Gasteiger partial charge in [0.15, 0.2) is 6.61 Å². The van der Waals surface area contributed by atoms with Crippen LogP contribution >= 0.6 is 23.2 Å². The van der Waals surface area contributed by atoms with Crippen molar-refractivity contribution in [2.45, 2.75) is 31.7 Å². The molecule has 1 N–H and O–H groups in total. The van der Waals surface area contributed by atoms with Crippen LogP contribution < -0.4 is 4.74 Å². The van der Waals surface area contributed by atoms with E-state index in [0.29, 0.717) is 15.8 Å². The van der Waals surface area contributed by atoms with Crippen molar-refractivity contribution >= 4 is 29.1 Å². The summed E-state index contributed by atoms with van der Waals surface area (Å²) < 4.78 is 5.49. The van der Waals surface area contributed by atoms with Crippen LogP contribution in [-0.2, 0) is 4.79 Å². The molecule has 1 heterocycles. The Morgan fingerprint density at radius 2 is 2.24 bits per heavy atom.